The van der Waals surface area contributed by atoms with Crippen molar-refractivity contribution in [3.8, 4) is 0 Å². The van der Waals surface area contributed by atoms with Gasteiger partial charge in [-0.2, -0.15) is 4.31 Å². The van der Waals surface area contributed by atoms with Gasteiger partial charge in [-0.3, -0.25) is 4.79 Å². The average Bonchev–Trinajstić information content (AvgIpc) is 2.70. The molecule has 7 heteroatoms. The van der Waals surface area contributed by atoms with E-state index in [0.29, 0.717) is 31.0 Å². The SMILES string of the molecule is Cc1ccc(C(C)NC(=O)C2CCN(S(=O)(=O)c3ccc(Cl)cc3)CC2)cc1C. The number of piperidine rings is 1. The molecular weight excluding hydrogens is 408 g/mol. The van der Waals surface area contributed by atoms with Crippen LogP contribution in [-0.2, 0) is 14.8 Å². The molecule has 1 heterocycles. The lowest BCUT2D eigenvalue weighted by atomic mass is 9.96. The molecule has 5 nitrogen and oxygen atoms in total. The topological polar surface area (TPSA) is 66.5 Å². The molecule has 2 aromatic carbocycles. The number of sulfonamides is 1. The first-order valence-electron chi connectivity index (χ1n) is 9.81. The second-order valence-corrected chi connectivity index (χ2v) is 10.1. The maximum Gasteiger partial charge on any atom is 0.243 e. The molecule has 1 unspecified atom stereocenters. The average molecular weight is 435 g/mol. The van der Waals surface area contributed by atoms with E-state index in [1.807, 2.05) is 13.0 Å². The van der Waals surface area contributed by atoms with Gasteiger partial charge < -0.3 is 5.32 Å². The van der Waals surface area contributed by atoms with Gasteiger partial charge in [0.2, 0.25) is 15.9 Å². The van der Waals surface area contributed by atoms with Crippen molar-refractivity contribution in [2.24, 2.45) is 5.92 Å². The molecule has 3 rings (SSSR count). The van der Waals surface area contributed by atoms with E-state index >= 15 is 0 Å². The molecule has 0 saturated carbocycles. The largest absolute Gasteiger partial charge is 0.349 e. The number of rotatable bonds is 5. The van der Waals surface area contributed by atoms with Gasteiger partial charge in [0.25, 0.3) is 0 Å². The Morgan fingerprint density at radius 2 is 1.69 bits per heavy atom. The second-order valence-electron chi connectivity index (χ2n) is 7.71. The van der Waals surface area contributed by atoms with Crippen molar-refractivity contribution in [1.82, 2.24) is 9.62 Å². The molecule has 0 radical (unpaired) electrons. The summed E-state index contributed by atoms with van der Waals surface area (Å²) in [6.07, 6.45) is 1.02. The summed E-state index contributed by atoms with van der Waals surface area (Å²) in [5, 5.41) is 3.58. The molecule has 156 valence electrons. The zero-order valence-electron chi connectivity index (χ0n) is 17.0. The van der Waals surface area contributed by atoms with E-state index in [0.717, 1.165) is 5.56 Å². The Morgan fingerprint density at radius 1 is 1.07 bits per heavy atom. The summed E-state index contributed by atoms with van der Waals surface area (Å²) in [5.74, 6) is -0.195. The third kappa shape index (κ3) is 5.00. The van der Waals surface area contributed by atoms with E-state index in [9.17, 15) is 13.2 Å². The molecule has 1 aliphatic heterocycles. The van der Waals surface area contributed by atoms with E-state index in [4.69, 9.17) is 11.6 Å². The second kappa shape index (κ2) is 8.86. The van der Waals surface area contributed by atoms with Gasteiger partial charge in [0, 0.05) is 24.0 Å². The molecule has 1 fully saturated rings. The number of amides is 1. The molecule has 29 heavy (non-hydrogen) atoms. The number of benzene rings is 2. The Labute approximate surface area is 178 Å². The van der Waals surface area contributed by atoms with Crippen LogP contribution in [0.2, 0.25) is 5.02 Å². The Balaban J connectivity index is 1.59. The number of carbonyl (C=O) groups is 1. The lowest BCUT2D eigenvalue weighted by Crippen LogP contribution is -2.43. The molecule has 1 amide bonds. The van der Waals surface area contributed by atoms with Crippen LogP contribution in [0.15, 0.2) is 47.4 Å². The minimum absolute atomic E-state index is 0.0146. The number of nitrogens with zero attached hydrogens (tertiary/aromatic N) is 1. The zero-order chi connectivity index (χ0) is 21.2. The molecule has 0 aliphatic carbocycles. The minimum Gasteiger partial charge on any atom is -0.349 e. The van der Waals surface area contributed by atoms with Gasteiger partial charge in [-0.25, -0.2) is 8.42 Å². The fraction of sp³-hybridized carbons (Fsp3) is 0.409. The molecule has 2 aromatic rings. The molecule has 1 aliphatic rings. The van der Waals surface area contributed by atoms with E-state index in [1.54, 1.807) is 12.1 Å². The van der Waals surface area contributed by atoms with Crippen molar-refractivity contribution in [2.75, 3.05) is 13.1 Å². The van der Waals surface area contributed by atoms with Crippen molar-refractivity contribution in [2.45, 2.75) is 44.6 Å². The Hall–Kier alpha value is -1.89. The number of carbonyl (C=O) groups excluding carboxylic acids is 1. The third-order valence-electron chi connectivity index (χ3n) is 5.67. The highest BCUT2D eigenvalue weighted by Gasteiger charge is 2.32. The Bertz CT molecular complexity index is 982. The number of halogens is 1. The summed E-state index contributed by atoms with van der Waals surface area (Å²) < 4.78 is 27.0. The van der Waals surface area contributed by atoms with Crippen molar-refractivity contribution in [3.63, 3.8) is 0 Å². The van der Waals surface area contributed by atoms with E-state index in [-0.39, 0.29) is 22.8 Å². The van der Waals surface area contributed by atoms with Crippen LogP contribution in [0.25, 0.3) is 0 Å². The summed E-state index contributed by atoms with van der Waals surface area (Å²) in [5.41, 5.74) is 3.50. The standard InChI is InChI=1S/C22H27ClN2O3S/c1-15-4-5-19(14-16(15)2)17(3)24-22(26)18-10-12-25(13-11-18)29(27,28)21-8-6-20(23)7-9-21/h4-9,14,17-18H,10-13H2,1-3H3,(H,24,26). The maximum atomic E-state index is 12.8. The van der Waals surface area contributed by atoms with Crippen LogP contribution >= 0.6 is 11.6 Å². The quantitative estimate of drug-likeness (QED) is 0.765. The highest BCUT2D eigenvalue weighted by atomic mass is 35.5. The van der Waals surface area contributed by atoms with Crippen molar-refractivity contribution < 1.29 is 13.2 Å². The highest BCUT2D eigenvalue weighted by molar-refractivity contribution is 7.89. The summed E-state index contributed by atoms with van der Waals surface area (Å²) in [6.45, 7) is 6.77. The molecule has 0 spiro atoms. The molecule has 1 N–H and O–H groups in total. The number of hydrogen-bond donors (Lipinski definition) is 1. The van der Waals surface area contributed by atoms with Crippen LogP contribution in [-0.4, -0.2) is 31.7 Å². The van der Waals surface area contributed by atoms with Gasteiger partial charge in [-0.1, -0.05) is 29.8 Å². The fourth-order valence-corrected chi connectivity index (χ4v) is 5.16. The number of aryl methyl sites for hydroxylation is 2. The van der Waals surface area contributed by atoms with E-state index < -0.39 is 10.0 Å². The van der Waals surface area contributed by atoms with Crippen LogP contribution in [0.4, 0.5) is 0 Å². The van der Waals surface area contributed by atoms with Gasteiger partial charge in [0.1, 0.15) is 0 Å². The van der Waals surface area contributed by atoms with Gasteiger partial charge in [0.15, 0.2) is 0 Å². The van der Waals surface area contributed by atoms with Crippen molar-refractivity contribution >= 4 is 27.5 Å². The van der Waals surface area contributed by atoms with Gasteiger partial charge in [-0.05, 0) is 74.6 Å². The van der Waals surface area contributed by atoms with Crippen molar-refractivity contribution in [3.05, 3.63) is 64.2 Å². The smallest absolute Gasteiger partial charge is 0.243 e. The Kier molecular flexibility index (Phi) is 6.66. The van der Waals surface area contributed by atoms with E-state index in [1.165, 1.54) is 27.6 Å². The number of nitrogens with one attached hydrogen (secondary N) is 1. The molecular formula is C22H27ClN2O3S. The maximum absolute atomic E-state index is 12.8. The van der Waals surface area contributed by atoms with Crippen LogP contribution in [0.5, 0.6) is 0 Å². The van der Waals surface area contributed by atoms with Gasteiger partial charge in [-0.15, -0.1) is 0 Å². The van der Waals surface area contributed by atoms with Crippen LogP contribution in [0.3, 0.4) is 0 Å². The normalized spacial score (nSPS) is 17.1. The predicted octanol–water partition coefficient (Wildman–Crippen LogP) is 4.23. The molecule has 1 atom stereocenters. The summed E-state index contributed by atoms with van der Waals surface area (Å²) >= 11 is 5.85. The fourth-order valence-electron chi connectivity index (χ4n) is 3.56. The van der Waals surface area contributed by atoms with Crippen LogP contribution in [0, 0.1) is 19.8 Å². The third-order valence-corrected chi connectivity index (χ3v) is 7.83. The minimum atomic E-state index is -3.56. The van der Waals surface area contributed by atoms with Gasteiger partial charge >= 0.3 is 0 Å². The number of hydrogen-bond acceptors (Lipinski definition) is 3. The molecule has 0 aromatic heterocycles. The molecule has 1 saturated heterocycles. The zero-order valence-corrected chi connectivity index (χ0v) is 18.6. The summed E-state index contributed by atoms with van der Waals surface area (Å²) in [7, 11) is -3.56. The van der Waals surface area contributed by atoms with Crippen molar-refractivity contribution in [1.29, 1.82) is 0 Å². The summed E-state index contributed by atoms with van der Waals surface area (Å²) in [6, 6.07) is 12.3. The van der Waals surface area contributed by atoms with Gasteiger partial charge in [0.05, 0.1) is 10.9 Å². The first-order valence-corrected chi connectivity index (χ1v) is 11.6. The lowest BCUT2D eigenvalue weighted by molar-refractivity contribution is -0.126. The summed E-state index contributed by atoms with van der Waals surface area (Å²) in [4.78, 5) is 12.9. The van der Waals surface area contributed by atoms with Crippen LogP contribution < -0.4 is 5.32 Å². The highest BCUT2D eigenvalue weighted by Crippen LogP contribution is 2.26. The van der Waals surface area contributed by atoms with E-state index in [2.05, 4.69) is 31.3 Å². The molecule has 0 bridgehead atoms. The first-order chi connectivity index (χ1) is 13.7. The predicted molar refractivity (Wildman–Crippen MR) is 115 cm³/mol. The van der Waals surface area contributed by atoms with Crippen LogP contribution in [0.1, 0.15) is 42.5 Å². The Morgan fingerprint density at radius 3 is 2.28 bits per heavy atom. The lowest BCUT2D eigenvalue weighted by Gasteiger charge is -2.31. The first kappa shape index (κ1) is 21.8. The monoisotopic (exact) mass is 434 g/mol.